The van der Waals surface area contributed by atoms with Gasteiger partial charge in [-0.15, -0.1) is 0 Å². The van der Waals surface area contributed by atoms with Gasteiger partial charge in [0.2, 0.25) is 0 Å². The lowest BCUT2D eigenvalue weighted by molar-refractivity contribution is -0.697. The fourth-order valence-corrected chi connectivity index (χ4v) is 3.26. The lowest BCUT2D eigenvalue weighted by Gasteiger charge is -2.03. The number of unbranched alkanes of at least 4 members (excludes halogenated alkanes) is 11. The summed E-state index contributed by atoms with van der Waals surface area (Å²) in [4.78, 5) is 11.7. The number of allylic oxidation sites excluding steroid dienone is 2. The molecule has 0 bridgehead atoms. The number of rotatable bonds is 18. The first kappa shape index (κ1) is 27.8. The van der Waals surface area contributed by atoms with Gasteiger partial charge in [-0.1, -0.05) is 76.5 Å². The summed E-state index contributed by atoms with van der Waals surface area (Å²) < 4.78 is 7.32. The SMILES string of the molecule is CCCCCCCC/C=C/CCCCCCCC(=O)OCC[n+]1ccccc1.[Br-]. The average molecular weight is 469 g/mol. The molecule has 1 aromatic rings. The van der Waals surface area contributed by atoms with E-state index in [0.717, 1.165) is 19.4 Å². The number of carbonyl (C=O) groups excluding carboxylic acids is 1. The zero-order valence-electron chi connectivity index (χ0n) is 18.5. The van der Waals surface area contributed by atoms with Crippen molar-refractivity contribution in [2.45, 2.75) is 103 Å². The van der Waals surface area contributed by atoms with Crippen molar-refractivity contribution in [1.29, 1.82) is 0 Å². The Labute approximate surface area is 189 Å². The quantitative estimate of drug-likeness (QED) is 0.143. The summed E-state index contributed by atoms with van der Waals surface area (Å²) in [6.07, 6.45) is 25.8. The Morgan fingerprint density at radius 1 is 0.793 bits per heavy atom. The summed E-state index contributed by atoms with van der Waals surface area (Å²) in [7, 11) is 0. The Morgan fingerprint density at radius 3 is 1.97 bits per heavy atom. The second kappa shape index (κ2) is 21.5. The molecule has 0 aliphatic rings. The van der Waals surface area contributed by atoms with Crippen LogP contribution >= 0.6 is 0 Å². The normalized spacial score (nSPS) is 10.8. The summed E-state index contributed by atoms with van der Waals surface area (Å²) >= 11 is 0. The van der Waals surface area contributed by atoms with E-state index in [1.54, 1.807) is 0 Å². The van der Waals surface area contributed by atoms with Crippen molar-refractivity contribution >= 4 is 5.97 Å². The van der Waals surface area contributed by atoms with Crippen molar-refractivity contribution in [2.24, 2.45) is 0 Å². The predicted molar refractivity (Wildman–Crippen MR) is 117 cm³/mol. The lowest BCUT2D eigenvalue weighted by Crippen LogP contribution is -3.00. The number of halogens is 1. The molecule has 1 rings (SSSR count). The maximum absolute atomic E-state index is 11.7. The van der Waals surface area contributed by atoms with Crippen molar-refractivity contribution in [2.75, 3.05) is 6.61 Å². The van der Waals surface area contributed by atoms with Gasteiger partial charge in [-0.2, -0.15) is 0 Å². The summed E-state index contributed by atoms with van der Waals surface area (Å²) in [6.45, 7) is 3.45. The van der Waals surface area contributed by atoms with Gasteiger partial charge in [-0.3, -0.25) is 4.79 Å². The van der Waals surface area contributed by atoms with Gasteiger partial charge >= 0.3 is 5.97 Å². The molecule has 0 radical (unpaired) electrons. The number of esters is 1. The maximum atomic E-state index is 11.7. The molecular formula is C25H42BrNO2. The Hall–Kier alpha value is -1.16. The molecular weight excluding hydrogens is 426 g/mol. The Balaban J connectivity index is 0.00000784. The molecule has 166 valence electrons. The standard InChI is InChI=1S/C25H42NO2.BrH/c1-2-3-4-5-6-7-8-9-10-11-12-13-14-15-17-20-25(27)28-24-23-26-21-18-16-19-22-26;/h9-10,16,18-19,21-22H,2-8,11-15,17,20,23-24H2,1H3;1H/q+1;/p-1/b10-9+;. The van der Waals surface area contributed by atoms with Gasteiger partial charge in [-0.25, -0.2) is 4.57 Å². The molecule has 29 heavy (non-hydrogen) atoms. The van der Waals surface area contributed by atoms with E-state index in [1.807, 2.05) is 35.2 Å². The number of ether oxygens (including phenoxy) is 1. The second-order valence-electron chi connectivity index (χ2n) is 7.67. The highest BCUT2D eigenvalue weighted by molar-refractivity contribution is 5.69. The molecule has 1 aromatic heterocycles. The van der Waals surface area contributed by atoms with Crippen LogP contribution in [0.25, 0.3) is 0 Å². The third-order valence-electron chi connectivity index (χ3n) is 5.03. The van der Waals surface area contributed by atoms with Crippen molar-refractivity contribution in [1.82, 2.24) is 0 Å². The molecule has 4 heteroatoms. The topological polar surface area (TPSA) is 30.2 Å². The van der Waals surface area contributed by atoms with Crippen LogP contribution in [0.2, 0.25) is 0 Å². The van der Waals surface area contributed by atoms with Crippen LogP contribution in [-0.2, 0) is 16.1 Å². The van der Waals surface area contributed by atoms with Gasteiger partial charge < -0.3 is 21.7 Å². The Bertz CT molecular complexity index is 505. The van der Waals surface area contributed by atoms with Gasteiger partial charge in [0.05, 0.1) is 0 Å². The van der Waals surface area contributed by atoms with Crippen LogP contribution in [0.1, 0.15) is 96.8 Å². The van der Waals surface area contributed by atoms with Crippen LogP contribution < -0.4 is 21.5 Å². The number of carbonyl (C=O) groups is 1. The van der Waals surface area contributed by atoms with Gasteiger partial charge in [0.25, 0.3) is 0 Å². The molecule has 0 amide bonds. The summed E-state index contributed by atoms with van der Waals surface area (Å²) in [5, 5.41) is 0. The summed E-state index contributed by atoms with van der Waals surface area (Å²) in [5.74, 6) is -0.0610. The molecule has 0 aliphatic carbocycles. The smallest absolute Gasteiger partial charge is 0.306 e. The molecule has 0 spiro atoms. The van der Waals surface area contributed by atoms with Crippen molar-refractivity contribution in [3.8, 4) is 0 Å². The molecule has 0 unspecified atom stereocenters. The van der Waals surface area contributed by atoms with E-state index in [4.69, 9.17) is 4.74 Å². The fourth-order valence-electron chi connectivity index (χ4n) is 3.26. The van der Waals surface area contributed by atoms with E-state index in [2.05, 4.69) is 19.1 Å². The predicted octanol–water partition coefficient (Wildman–Crippen LogP) is 3.56. The first-order valence-corrected chi connectivity index (χ1v) is 11.6. The van der Waals surface area contributed by atoms with Crippen molar-refractivity contribution < 1.29 is 31.1 Å². The minimum absolute atomic E-state index is 0. The van der Waals surface area contributed by atoms with Gasteiger partial charge in [-0.05, 0) is 32.1 Å². The van der Waals surface area contributed by atoms with Crippen molar-refractivity contribution in [3.63, 3.8) is 0 Å². The van der Waals surface area contributed by atoms with E-state index in [-0.39, 0.29) is 23.0 Å². The Kier molecular flexibility index (Phi) is 20.7. The molecule has 0 aromatic carbocycles. The van der Waals surface area contributed by atoms with Gasteiger partial charge in [0, 0.05) is 18.6 Å². The lowest BCUT2D eigenvalue weighted by atomic mass is 10.1. The largest absolute Gasteiger partial charge is 1.00 e. The summed E-state index contributed by atoms with van der Waals surface area (Å²) in [6, 6.07) is 5.94. The maximum Gasteiger partial charge on any atom is 0.306 e. The number of aromatic nitrogens is 1. The molecule has 3 nitrogen and oxygen atoms in total. The molecule has 0 atom stereocenters. The minimum atomic E-state index is -0.0610. The number of hydrogen-bond donors (Lipinski definition) is 0. The van der Waals surface area contributed by atoms with Crippen LogP contribution in [0.5, 0.6) is 0 Å². The highest BCUT2D eigenvalue weighted by atomic mass is 79.9. The zero-order chi connectivity index (χ0) is 20.1. The van der Waals surface area contributed by atoms with Crippen LogP contribution in [0.3, 0.4) is 0 Å². The number of hydrogen-bond acceptors (Lipinski definition) is 2. The van der Waals surface area contributed by atoms with Crippen LogP contribution in [-0.4, -0.2) is 12.6 Å². The first-order chi connectivity index (χ1) is 13.8. The van der Waals surface area contributed by atoms with Crippen LogP contribution in [0.4, 0.5) is 0 Å². The van der Waals surface area contributed by atoms with E-state index in [1.165, 1.54) is 70.6 Å². The van der Waals surface area contributed by atoms with E-state index >= 15 is 0 Å². The second-order valence-corrected chi connectivity index (χ2v) is 7.67. The molecule has 0 saturated carbocycles. The van der Waals surface area contributed by atoms with Gasteiger partial charge in [0.1, 0.15) is 0 Å². The zero-order valence-corrected chi connectivity index (χ0v) is 20.1. The fraction of sp³-hybridized carbons (Fsp3) is 0.680. The third-order valence-corrected chi connectivity index (χ3v) is 5.03. The monoisotopic (exact) mass is 467 g/mol. The number of nitrogens with zero attached hydrogens (tertiary/aromatic N) is 1. The van der Waals surface area contributed by atoms with E-state index < -0.39 is 0 Å². The third kappa shape index (κ3) is 18.6. The van der Waals surface area contributed by atoms with E-state index in [9.17, 15) is 4.79 Å². The molecule has 0 saturated heterocycles. The molecule has 0 aliphatic heterocycles. The molecule has 0 fully saturated rings. The van der Waals surface area contributed by atoms with Crippen molar-refractivity contribution in [3.05, 3.63) is 42.7 Å². The minimum Gasteiger partial charge on any atom is -1.00 e. The highest BCUT2D eigenvalue weighted by Crippen LogP contribution is 2.10. The van der Waals surface area contributed by atoms with Crippen LogP contribution in [0.15, 0.2) is 42.7 Å². The van der Waals surface area contributed by atoms with Crippen LogP contribution in [0, 0.1) is 0 Å². The summed E-state index contributed by atoms with van der Waals surface area (Å²) in [5.41, 5.74) is 0. The van der Waals surface area contributed by atoms with E-state index in [0.29, 0.717) is 13.0 Å². The molecule has 0 N–H and O–H groups in total. The molecule has 1 heterocycles. The average Bonchev–Trinajstić information content (AvgIpc) is 2.71. The Morgan fingerprint density at radius 2 is 1.34 bits per heavy atom. The highest BCUT2D eigenvalue weighted by Gasteiger charge is 2.04. The first-order valence-electron chi connectivity index (χ1n) is 11.6. The number of pyridine rings is 1. The van der Waals surface area contributed by atoms with Gasteiger partial charge in [0.15, 0.2) is 25.5 Å².